The maximum Gasteiger partial charge on any atom is 0.242 e. The molecule has 0 bridgehead atoms. The SMILES string of the molecule is Cl.O=C(CC1(C(=O)NC2CCCCNC2=O)CCNC1)NC1CCCCNC1=O. The van der Waals surface area contributed by atoms with Gasteiger partial charge in [0.05, 0.1) is 5.41 Å². The second-order valence-electron chi connectivity index (χ2n) is 8.10. The molecular formula is C19H32ClN5O4. The van der Waals surface area contributed by atoms with Crippen molar-refractivity contribution >= 4 is 36.0 Å². The van der Waals surface area contributed by atoms with Gasteiger partial charge in [0.2, 0.25) is 23.6 Å². The minimum atomic E-state index is -0.891. The molecule has 5 N–H and O–H groups in total. The Morgan fingerprint density at radius 2 is 1.48 bits per heavy atom. The number of hydrogen-bond acceptors (Lipinski definition) is 5. The molecule has 3 saturated heterocycles. The summed E-state index contributed by atoms with van der Waals surface area (Å²) in [5, 5.41) is 14.4. The molecule has 0 aromatic carbocycles. The second kappa shape index (κ2) is 10.8. The summed E-state index contributed by atoms with van der Waals surface area (Å²) in [7, 11) is 0. The van der Waals surface area contributed by atoms with E-state index in [1.54, 1.807) is 0 Å². The molecule has 29 heavy (non-hydrogen) atoms. The van der Waals surface area contributed by atoms with E-state index < -0.39 is 17.5 Å². The number of nitrogens with one attached hydrogen (secondary N) is 5. The van der Waals surface area contributed by atoms with Crippen molar-refractivity contribution in [2.45, 2.75) is 63.5 Å². The predicted octanol–water partition coefficient (Wildman–Crippen LogP) is -0.652. The van der Waals surface area contributed by atoms with Crippen LogP contribution in [0, 0.1) is 5.41 Å². The summed E-state index contributed by atoms with van der Waals surface area (Å²) in [6.45, 7) is 2.29. The smallest absolute Gasteiger partial charge is 0.242 e. The number of hydrogen-bond donors (Lipinski definition) is 5. The Morgan fingerprint density at radius 1 is 0.897 bits per heavy atom. The highest BCUT2D eigenvalue weighted by atomic mass is 35.5. The van der Waals surface area contributed by atoms with Crippen LogP contribution in [0.5, 0.6) is 0 Å². The lowest BCUT2D eigenvalue weighted by atomic mass is 9.81. The average Bonchev–Trinajstić information content (AvgIpc) is 2.93. The van der Waals surface area contributed by atoms with Gasteiger partial charge in [-0.05, 0) is 51.5 Å². The summed E-state index contributed by atoms with van der Waals surface area (Å²) < 4.78 is 0. The molecule has 164 valence electrons. The van der Waals surface area contributed by atoms with Crippen LogP contribution in [-0.4, -0.2) is 61.9 Å². The first-order chi connectivity index (χ1) is 13.5. The Labute approximate surface area is 177 Å². The minimum Gasteiger partial charge on any atom is -0.354 e. The fourth-order valence-electron chi connectivity index (χ4n) is 4.19. The molecule has 0 aromatic heterocycles. The molecule has 0 aromatic rings. The molecular weight excluding hydrogens is 398 g/mol. The lowest BCUT2D eigenvalue weighted by molar-refractivity contribution is -0.138. The number of halogens is 1. The van der Waals surface area contributed by atoms with Crippen LogP contribution in [0.1, 0.15) is 51.4 Å². The highest BCUT2D eigenvalue weighted by Gasteiger charge is 2.44. The van der Waals surface area contributed by atoms with Crippen LogP contribution in [0.3, 0.4) is 0 Å². The van der Waals surface area contributed by atoms with E-state index in [2.05, 4.69) is 26.6 Å². The molecule has 3 atom stereocenters. The molecule has 3 heterocycles. The van der Waals surface area contributed by atoms with E-state index in [0.29, 0.717) is 45.4 Å². The van der Waals surface area contributed by atoms with Crippen molar-refractivity contribution in [3.8, 4) is 0 Å². The van der Waals surface area contributed by atoms with E-state index in [9.17, 15) is 19.2 Å². The second-order valence-corrected chi connectivity index (χ2v) is 8.10. The standard InChI is InChI=1S/C19H31N5O4.ClH/c25-15(23-13-5-1-3-8-21-16(13)26)11-19(7-10-20-12-19)18(28)24-14-6-2-4-9-22-17(14)27;/h13-14,20H,1-12H2,(H,21,26)(H,22,27)(H,23,25)(H,24,28);1H. The topological polar surface area (TPSA) is 128 Å². The molecule has 10 heteroatoms. The van der Waals surface area contributed by atoms with Gasteiger partial charge in [0.25, 0.3) is 0 Å². The van der Waals surface area contributed by atoms with Crippen molar-refractivity contribution < 1.29 is 19.2 Å². The van der Waals surface area contributed by atoms with Gasteiger partial charge in [-0.15, -0.1) is 12.4 Å². The number of rotatable bonds is 5. The van der Waals surface area contributed by atoms with E-state index in [1.165, 1.54) is 0 Å². The van der Waals surface area contributed by atoms with E-state index in [1.807, 2.05) is 0 Å². The van der Waals surface area contributed by atoms with Gasteiger partial charge >= 0.3 is 0 Å². The zero-order chi connectivity index (χ0) is 20.0. The van der Waals surface area contributed by atoms with E-state index in [-0.39, 0.29) is 42.5 Å². The van der Waals surface area contributed by atoms with Gasteiger partial charge in [-0.25, -0.2) is 0 Å². The largest absolute Gasteiger partial charge is 0.354 e. The minimum absolute atomic E-state index is 0. The lowest BCUT2D eigenvalue weighted by Crippen LogP contribution is -2.53. The zero-order valence-electron chi connectivity index (χ0n) is 16.7. The lowest BCUT2D eigenvalue weighted by Gasteiger charge is -2.29. The Kier molecular flexibility index (Phi) is 8.70. The van der Waals surface area contributed by atoms with Crippen LogP contribution in [0.4, 0.5) is 0 Å². The molecule has 3 unspecified atom stereocenters. The number of carbonyl (C=O) groups excluding carboxylic acids is 4. The van der Waals surface area contributed by atoms with E-state index >= 15 is 0 Å². The molecule has 0 saturated carbocycles. The molecule has 3 fully saturated rings. The Morgan fingerprint density at radius 3 is 2.03 bits per heavy atom. The third kappa shape index (κ3) is 6.05. The maximum atomic E-state index is 13.0. The molecule has 3 rings (SSSR count). The summed E-state index contributed by atoms with van der Waals surface area (Å²) in [6.07, 6.45) is 5.28. The zero-order valence-corrected chi connectivity index (χ0v) is 17.5. The Hall–Kier alpha value is -1.87. The summed E-state index contributed by atoms with van der Waals surface area (Å²) in [6, 6.07) is -1.10. The van der Waals surface area contributed by atoms with Gasteiger partial charge in [-0.2, -0.15) is 0 Å². The summed E-state index contributed by atoms with van der Waals surface area (Å²) in [5.41, 5.74) is -0.891. The van der Waals surface area contributed by atoms with Gasteiger partial charge in [0, 0.05) is 26.1 Å². The molecule has 0 spiro atoms. The van der Waals surface area contributed by atoms with Crippen molar-refractivity contribution in [2.75, 3.05) is 26.2 Å². The van der Waals surface area contributed by atoms with E-state index in [4.69, 9.17) is 0 Å². The van der Waals surface area contributed by atoms with Gasteiger partial charge in [0.15, 0.2) is 0 Å². The molecule has 0 aliphatic carbocycles. The van der Waals surface area contributed by atoms with Crippen LogP contribution in [0.25, 0.3) is 0 Å². The Balaban J connectivity index is 0.00000300. The normalized spacial score (nSPS) is 30.1. The van der Waals surface area contributed by atoms with Crippen molar-refractivity contribution in [3.63, 3.8) is 0 Å². The highest BCUT2D eigenvalue weighted by molar-refractivity contribution is 5.94. The van der Waals surface area contributed by atoms with Crippen molar-refractivity contribution in [1.82, 2.24) is 26.6 Å². The van der Waals surface area contributed by atoms with Crippen LogP contribution in [0.15, 0.2) is 0 Å². The van der Waals surface area contributed by atoms with Gasteiger partial charge < -0.3 is 26.6 Å². The molecule has 4 amide bonds. The highest BCUT2D eigenvalue weighted by Crippen LogP contribution is 2.30. The maximum absolute atomic E-state index is 13.0. The van der Waals surface area contributed by atoms with Gasteiger partial charge in [-0.1, -0.05) is 0 Å². The molecule has 0 radical (unpaired) electrons. The van der Waals surface area contributed by atoms with Crippen LogP contribution < -0.4 is 26.6 Å². The molecule has 3 aliphatic heterocycles. The van der Waals surface area contributed by atoms with Crippen LogP contribution >= 0.6 is 12.4 Å². The Bertz CT molecular complexity index is 624. The monoisotopic (exact) mass is 429 g/mol. The number of carbonyl (C=O) groups is 4. The van der Waals surface area contributed by atoms with Crippen LogP contribution in [-0.2, 0) is 19.2 Å². The fraction of sp³-hybridized carbons (Fsp3) is 0.789. The van der Waals surface area contributed by atoms with Crippen molar-refractivity contribution in [1.29, 1.82) is 0 Å². The summed E-state index contributed by atoms with van der Waals surface area (Å²) >= 11 is 0. The first-order valence-electron chi connectivity index (χ1n) is 10.4. The fourth-order valence-corrected chi connectivity index (χ4v) is 4.19. The molecule has 9 nitrogen and oxygen atoms in total. The van der Waals surface area contributed by atoms with Crippen LogP contribution in [0.2, 0.25) is 0 Å². The summed E-state index contributed by atoms with van der Waals surface area (Å²) in [5.74, 6) is -0.887. The van der Waals surface area contributed by atoms with Gasteiger partial charge in [0.1, 0.15) is 12.1 Å². The quantitative estimate of drug-likeness (QED) is 0.396. The van der Waals surface area contributed by atoms with Crippen molar-refractivity contribution in [2.24, 2.45) is 5.41 Å². The first-order valence-corrected chi connectivity index (χ1v) is 10.4. The third-order valence-electron chi connectivity index (χ3n) is 5.94. The van der Waals surface area contributed by atoms with Crippen molar-refractivity contribution in [3.05, 3.63) is 0 Å². The molecule has 3 aliphatic rings. The predicted molar refractivity (Wildman–Crippen MR) is 109 cm³/mol. The van der Waals surface area contributed by atoms with Gasteiger partial charge in [-0.3, -0.25) is 19.2 Å². The number of amides is 4. The first kappa shape index (κ1) is 23.4. The van der Waals surface area contributed by atoms with E-state index in [0.717, 1.165) is 25.7 Å². The average molecular weight is 430 g/mol. The third-order valence-corrected chi connectivity index (χ3v) is 5.94. The summed E-state index contributed by atoms with van der Waals surface area (Å²) in [4.78, 5) is 49.9.